The molecule has 0 heterocycles. The van der Waals surface area contributed by atoms with E-state index >= 15 is 0 Å². The maximum Gasteiger partial charge on any atom is 0.192 e. The van der Waals surface area contributed by atoms with Gasteiger partial charge in [-0.2, -0.15) is 0 Å². The van der Waals surface area contributed by atoms with Crippen LogP contribution in [0.4, 0.5) is 0 Å². The SMILES string of the molecule is CC1(C)C[C@H]2CC(O[Si](C)(C)C(C)(C)C)CCCC(C)(O)[C@@H]2C1. The Morgan fingerprint density at radius 3 is 2.26 bits per heavy atom. The van der Waals surface area contributed by atoms with E-state index in [4.69, 9.17) is 4.43 Å². The molecule has 0 spiro atoms. The second-order valence-electron chi connectivity index (χ2n) is 10.9. The van der Waals surface area contributed by atoms with Crippen molar-refractivity contribution < 1.29 is 9.53 Å². The molecule has 2 fully saturated rings. The lowest BCUT2D eigenvalue weighted by atomic mass is 9.74. The topological polar surface area (TPSA) is 29.5 Å². The van der Waals surface area contributed by atoms with Crippen molar-refractivity contribution in [2.24, 2.45) is 17.3 Å². The lowest BCUT2D eigenvalue weighted by Crippen LogP contribution is -2.46. The van der Waals surface area contributed by atoms with Gasteiger partial charge < -0.3 is 9.53 Å². The van der Waals surface area contributed by atoms with Crippen LogP contribution in [-0.4, -0.2) is 25.1 Å². The molecule has 0 amide bonds. The van der Waals surface area contributed by atoms with E-state index in [0.717, 1.165) is 32.1 Å². The van der Waals surface area contributed by atoms with Crippen LogP contribution in [0, 0.1) is 17.3 Å². The summed E-state index contributed by atoms with van der Waals surface area (Å²) in [7, 11) is -1.71. The minimum atomic E-state index is -1.71. The zero-order valence-electron chi connectivity index (χ0n) is 16.8. The van der Waals surface area contributed by atoms with Crippen molar-refractivity contribution in [1.29, 1.82) is 0 Å². The van der Waals surface area contributed by atoms with Crippen LogP contribution in [0.25, 0.3) is 0 Å². The van der Waals surface area contributed by atoms with Crippen LogP contribution >= 0.6 is 0 Å². The van der Waals surface area contributed by atoms with E-state index < -0.39 is 13.9 Å². The second kappa shape index (κ2) is 6.14. The highest BCUT2D eigenvalue weighted by Crippen LogP contribution is 2.53. The highest BCUT2D eigenvalue weighted by molar-refractivity contribution is 6.74. The van der Waals surface area contributed by atoms with E-state index in [9.17, 15) is 5.11 Å². The molecule has 23 heavy (non-hydrogen) atoms. The second-order valence-corrected chi connectivity index (χ2v) is 15.7. The number of rotatable bonds is 2. The smallest absolute Gasteiger partial charge is 0.192 e. The van der Waals surface area contributed by atoms with E-state index in [1.165, 1.54) is 6.42 Å². The van der Waals surface area contributed by atoms with Gasteiger partial charge in [0.25, 0.3) is 0 Å². The standard InChI is InChI=1S/C20H40O2Si/c1-18(2,3)23(7,8)22-16-10-9-11-20(6,21)17-14-19(4,5)13-15(17)12-16/h15-17,21H,9-14H2,1-8H3/t15-,16?,17-,20?/m1/s1. The van der Waals surface area contributed by atoms with Crippen molar-refractivity contribution in [2.45, 2.75) is 110 Å². The quantitative estimate of drug-likeness (QED) is 0.648. The molecule has 2 rings (SSSR count). The van der Waals surface area contributed by atoms with E-state index in [2.05, 4.69) is 54.6 Å². The summed E-state index contributed by atoms with van der Waals surface area (Å²) in [5, 5.41) is 11.3. The Balaban J connectivity index is 2.15. The maximum atomic E-state index is 11.0. The summed E-state index contributed by atoms with van der Waals surface area (Å²) >= 11 is 0. The number of hydrogen-bond acceptors (Lipinski definition) is 2. The van der Waals surface area contributed by atoms with Gasteiger partial charge in [0.15, 0.2) is 8.32 Å². The molecule has 136 valence electrons. The summed E-state index contributed by atoms with van der Waals surface area (Å²) in [5.41, 5.74) is -0.119. The zero-order valence-corrected chi connectivity index (χ0v) is 17.8. The Bertz CT molecular complexity index is 420. The van der Waals surface area contributed by atoms with Crippen LogP contribution < -0.4 is 0 Å². The van der Waals surface area contributed by atoms with Gasteiger partial charge in [-0.05, 0) is 80.8 Å². The molecule has 4 atom stereocenters. The molecule has 0 bridgehead atoms. The lowest BCUT2D eigenvalue weighted by molar-refractivity contribution is -0.0465. The molecule has 2 aliphatic carbocycles. The van der Waals surface area contributed by atoms with Gasteiger partial charge in [-0.1, -0.05) is 34.6 Å². The van der Waals surface area contributed by atoms with Crippen molar-refractivity contribution in [3.8, 4) is 0 Å². The van der Waals surface area contributed by atoms with Crippen molar-refractivity contribution in [1.82, 2.24) is 0 Å². The molecular weight excluding hydrogens is 300 g/mol. The average Bonchev–Trinajstić information content (AvgIpc) is 2.61. The van der Waals surface area contributed by atoms with Gasteiger partial charge >= 0.3 is 0 Å². The maximum absolute atomic E-state index is 11.0. The van der Waals surface area contributed by atoms with E-state index in [-0.39, 0.29) is 5.04 Å². The number of hydrogen-bond donors (Lipinski definition) is 1. The van der Waals surface area contributed by atoms with E-state index in [1.807, 2.05) is 0 Å². The van der Waals surface area contributed by atoms with Crippen molar-refractivity contribution in [3.05, 3.63) is 0 Å². The van der Waals surface area contributed by atoms with Crippen LogP contribution in [0.15, 0.2) is 0 Å². The summed E-state index contributed by atoms with van der Waals surface area (Å²) < 4.78 is 6.78. The molecule has 0 radical (unpaired) electrons. The number of aliphatic hydroxyl groups is 1. The van der Waals surface area contributed by atoms with Gasteiger partial charge in [-0.15, -0.1) is 0 Å². The molecule has 0 saturated heterocycles. The first-order valence-electron chi connectivity index (χ1n) is 9.64. The van der Waals surface area contributed by atoms with Gasteiger partial charge in [0.05, 0.1) is 5.60 Å². The molecule has 1 N–H and O–H groups in total. The molecule has 0 aromatic heterocycles. The number of fused-ring (bicyclic) bond motifs is 1. The molecule has 3 heteroatoms. The summed E-state index contributed by atoms with van der Waals surface area (Å²) in [5.74, 6) is 1.07. The summed E-state index contributed by atoms with van der Waals surface area (Å²) in [6.45, 7) is 18.6. The molecule has 2 aliphatic rings. The fourth-order valence-electron chi connectivity index (χ4n) is 4.70. The first-order chi connectivity index (χ1) is 10.2. The van der Waals surface area contributed by atoms with Gasteiger partial charge in [0.1, 0.15) is 0 Å². The first kappa shape index (κ1) is 19.5. The van der Waals surface area contributed by atoms with E-state index in [0.29, 0.717) is 23.4 Å². The molecule has 0 aliphatic heterocycles. The van der Waals surface area contributed by atoms with Crippen LogP contribution in [0.1, 0.15) is 80.1 Å². The Morgan fingerprint density at radius 1 is 1.09 bits per heavy atom. The predicted molar refractivity (Wildman–Crippen MR) is 101 cm³/mol. The highest BCUT2D eigenvalue weighted by Gasteiger charge is 2.49. The Morgan fingerprint density at radius 2 is 1.70 bits per heavy atom. The zero-order chi connectivity index (χ0) is 17.7. The fourth-order valence-corrected chi connectivity index (χ4v) is 6.10. The minimum absolute atomic E-state index is 0.273. The summed E-state index contributed by atoms with van der Waals surface area (Å²) in [6.07, 6.45) is 7.09. The van der Waals surface area contributed by atoms with Crippen molar-refractivity contribution in [2.75, 3.05) is 0 Å². The normalized spacial score (nSPS) is 38.7. The molecule has 2 unspecified atom stereocenters. The summed E-state index contributed by atoms with van der Waals surface area (Å²) in [6, 6.07) is 0. The van der Waals surface area contributed by atoms with Crippen LogP contribution in [0.2, 0.25) is 18.1 Å². The average molecular weight is 341 g/mol. The Labute approximate surface area is 145 Å². The predicted octanol–water partition coefficient (Wildman–Crippen LogP) is 5.75. The molecule has 2 nitrogen and oxygen atoms in total. The van der Waals surface area contributed by atoms with E-state index in [1.54, 1.807) is 0 Å². The van der Waals surface area contributed by atoms with Gasteiger partial charge in [0, 0.05) is 6.10 Å². The monoisotopic (exact) mass is 340 g/mol. The van der Waals surface area contributed by atoms with Crippen LogP contribution in [-0.2, 0) is 4.43 Å². The van der Waals surface area contributed by atoms with Gasteiger partial charge in [-0.25, -0.2) is 0 Å². The third-order valence-corrected chi connectivity index (χ3v) is 11.5. The molecule has 0 aromatic carbocycles. The van der Waals surface area contributed by atoms with Gasteiger partial charge in [0.2, 0.25) is 0 Å². The lowest BCUT2D eigenvalue weighted by Gasteiger charge is -2.43. The third kappa shape index (κ3) is 4.41. The van der Waals surface area contributed by atoms with Crippen molar-refractivity contribution >= 4 is 8.32 Å². The Hall–Kier alpha value is 0.137. The Kier molecular flexibility index (Phi) is 5.19. The molecular formula is C20H40O2Si. The largest absolute Gasteiger partial charge is 0.414 e. The van der Waals surface area contributed by atoms with Crippen LogP contribution in [0.3, 0.4) is 0 Å². The minimum Gasteiger partial charge on any atom is -0.414 e. The molecule has 0 aromatic rings. The summed E-state index contributed by atoms with van der Waals surface area (Å²) in [4.78, 5) is 0. The first-order valence-corrected chi connectivity index (χ1v) is 12.5. The van der Waals surface area contributed by atoms with Crippen molar-refractivity contribution in [3.63, 3.8) is 0 Å². The highest BCUT2D eigenvalue weighted by atomic mass is 28.4. The fraction of sp³-hybridized carbons (Fsp3) is 1.00. The van der Waals surface area contributed by atoms with Crippen LogP contribution in [0.5, 0.6) is 0 Å². The van der Waals surface area contributed by atoms with Gasteiger partial charge in [-0.3, -0.25) is 0 Å². The third-order valence-electron chi connectivity index (χ3n) is 7.00. The molecule has 2 saturated carbocycles.